The summed E-state index contributed by atoms with van der Waals surface area (Å²) < 4.78 is 0. The SMILES string of the molecule is CCC(NC(=O)c1sccc1N)C(C)C. The largest absolute Gasteiger partial charge is 0.397 e. The van der Waals surface area contributed by atoms with Crippen LogP contribution in [0.5, 0.6) is 0 Å². The molecular formula is C11H18N2OS. The van der Waals surface area contributed by atoms with E-state index in [9.17, 15) is 4.79 Å². The second-order valence-electron chi connectivity index (χ2n) is 3.94. The molecule has 0 aliphatic heterocycles. The van der Waals surface area contributed by atoms with Gasteiger partial charge in [-0.15, -0.1) is 11.3 Å². The van der Waals surface area contributed by atoms with Crippen LogP contribution in [-0.4, -0.2) is 11.9 Å². The van der Waals surface area contributed by atoms with Gasteiger partial charge in [0.25, 0.3) is 5.91 Å². The van der Waals surface area contributed by atoms with Crippen LogP contribution in [0.25, 0.3) is 0 Å². The van der Waals surface area contributed by atoms with E-state index in [2.05, 4.69) is 26.1 Å². The third-order valence-electron chi connectivity index (χ3n) is 2.46. The van der Waals surface area contributed by atoms with E-state index >= 15 is 0 Å². The zero-order valence-electron chi connectivity index (χ0n) is 9.41. The quantitative estimate of drug-likeness (QED) is 0.828. The first-order chi connectivity index (χ1) is 7.06. The minimum atomic E-state index is -0.0527. The molecule has 1 rings (SSSR count). The van der Waals surface area contributed by atoms with Crippen LogP contribution >= 0.6 is 11.3 Å². The Balaban J connectivity index is 2.67. The molecule has 0 aliphatic rings. The highest BCUT2D eigenvalue weighted by Crippen LogP contribution is 2.19. The van der Waals surface area contributed by atoms with E-state index in [1.807, 2.05) is 5.38 Å². The van der Waals surface area contributed by atoms with Crippen molar-refractivity contribution in [1.29, 1.82) is 0 Å². The average molecular weight is 226 g/mol. The Bertz CT molecular complexity index is 333. The van der Waals surface area contributed by atoms with Crippen LogP contribution < -0.4 is 11.1 Å². The van der Waals surface area contributed by atoms with Crippen LogP contribution in [0.2, 0.25) is 0 Å². The highest BCUT2D eigenvalue weighted by Gasteiger charge is 2.17. The summed E-state index contributed by atoms with van der Waals surface area (Å²) >= 11 is 1.38. The fourth-order valence-electron chi connectivity index (χ4n) is 1.48. The number of nitrogens with one attached hydrogen (secondary N) is 1. The average Bonchev–Trinajstić information content (AvgIpc) is 2.60. The summed E-state index contributed by atoms with van der Waals surface area (Å²) in [7, 11) is 0. The van der Waals surface area contributed by atoms with Gasteiger partial charge in [-0.05, 0) is 23.8 Å². The molecule has 1 atom stereocenters. The van der Waals surface area contributed by atoms with Gasteiger partial charge in [0.15, 0.2) is 0 Å². The first kappa shape index (κ1) is 12.0. The molecule has 0 aliphatic carbocycles. The maximum atomic E-state index is 11.8. The molecular weight excluding hydrogens is 208 g/mol. The topological polar surface area (TPSA) is 55.1 Å². The van der Waals surface area contributed by atoms with Gasteiger partial charge in [0.2, 0.25) is 0 Å². The van der Waals surface area contributed by atoms with Gasteiger partial charge in [0.1, 0.15) is 4.88 Å². The molecule has 0 radical (unpaired) electrons. The van der Waals surface area contributed by atoms with Gasteiger partial charge in [-0.2, -0.15) is 0 Å². The first-order valence-corrected chi connectivity index (χ1v) is 6.08. The van der Waals surface area contributed by atoms with E-state index in [4.69, 9.17) is 5.73 Å². The summed E-state index contributed by atoms with van der Waals surface area (Å²) in [5.41, 5.74) is 6.25. The highest BCUT2D eigenvalue weighted by molar-refractivity contribution is 7.12. The third kappa shape index (κ3) is 2.96. The molecule has 1 unspecified atom stereocenters. The molecule has 1 aromatic rings. The van der Waals surface area contributed by atoms with Crippen LogP contribution in [0.1, 0.15) is 36.9 Å². The van der Waals surface area contributed by atoms with E-state index in [1.54, 1.807) is 6.07 Å². The number of rotatable bonds is 4. The van der Waals surface area contributed by atoms with Crippen molar-refractivity contribution in [1.82, 2.24) is 5.32 Å². The Morgan fingerprint density at radius 1 is 1.60 bits per heavy atom. The van der Waals surface area contributed by atoms with Crippen LogP contribution in [0.4, 0.5) is 5.69 Å². The van der Waals surface area contributed by atoms with E-state index in [0.717, 1.165) is 6.42 Å². The van der Waals surface area contributed by atoms with Crippen molar-refractivity contribution in [3.8, 4) is 0 Å². The summed E-state index contributed by atoms with van der Waals surface area (Å²) in [6, 6.07) is 1.98. The Labute approximate surface area is 94.7 Å². The van der Waals surface area contributed by atoms with Gasteiger partial charge in [0, 0.05) is 6.04 Å². The molecule has 3 nitrogen and oxygen atoms in total. The summed E-state index contributed by atoms with van der Waals surface area (Å²) in [4.78, 5) is 12.4. The Hall–Kier alpha value is -1.03. The number of nitrogen functional groups attached to an aromatic ring is 1. The van der Waals surface area contributed by atoms with E-state index in [-0.39, 0.29) is 11.9 Å². The number of carbonyl (C=O) groups excluding carboxylic acids is 1. The Kier molecular flexibility index (Phi) is 4.15. The first-order valence-electron chi connectivity index (χ1n) is 5.20. The number of hydrogen-bond donors (Lipinski definition) is 2. The molecule has 0 spiro atoms. The molecule has 0 bridgehead atoms. The van der Waals surface area contributed by atoms with Crippen molar-refractivity contribution in [2.24, 2.45) is 5.92 Å². The zero-order valence-corrected chi connectivity index (χ0v) is 10.2. The molecule has 0 saturated heterocycles. The van der Waals surface area contributed by atoms with Crippen LogP contribution in [-0.2, 0) is 0 Å². The predicted octanol–water partition coefficient (Wildman–Crippen LogP) is 2.49. The smallest absolute Gasteiger partial charge is 0.263 e. The summed E-state index contributed by atoms with van der Waals surface area (Å²) in [6.45, 7) is 6.28. The standard InChI is InChI=1S/C11H18N2OS/c1-4-9(7(2)3)13-11(14)10-8(12)5-6-15-10/h5-7,9H,4,12H2,1-3H3,(H,13,14). The van der Waals surface area contributed by atoms with Crippen molar-refractivity contribution in [2.45, 2.75) is 33.2 Å². The van der Waals surface area contributed by atoms with Crippen molar-refractivity contribution >= 4 is 22.9 Å². The molecule has 84 valence electrons. The maximum Gasteiger partial charge on any atom is 0.263 e. The van der Waals surface area contributed by atoms with Gasteiger partial charge >= 0.3 is 0 Å². The normalized spacial score (nSPS) is 12.8. The summed E-state index contributed by atoms with van der Waals surface area (Å²) in [6.07, 6.45) is 0.939. The third-order valence-corrected chi connectivity index (χ3v) is 3.39. The van der Waals surface area contributed by atoms with E-state index in [1.165, 1.54) is 11.3 Å². The lowest BCUT2D eigenvalue weighted by molar-refractivity contribution is 0.0929. The molecule has 3 N–H and O–H groups in total. The maximum absolute atomic E-state index is 11.8. The highest BCUT2D eigenvalue weighted by atomic mass is 32.1. The van der Waals surface area contributed by atoms with Gasteiger partial charge < -0.3 is 11.1 Å². The second-order valence-corrected chi connectivity index (χ2v) is 4.85. The lowest BCUT2D eigenvalue weighted by Crippen LogP contribution is -2.37. The van der Waals surface area contributed by atoms with Crippen molar-refractivity contribution in [3.05, 3.63) is 16.3 Å². The van der Waals surface area contributed by atoms with Crippen molar-refractivity contribution in [2.75, 3.05) is 5.73 Å². The fraction of sp³-hybridized carbons (Fsp3) is 0.545. The van der Waals surface area contributed by atoms with Gasteiger partial charge in [-0.25, -0.2) is 0 Å². The number of hydrogen-bond acceptors (Lipinski definition) is 3. The number of thiophene rings is 1. The number of carbonyl (C=O) groups is 1. The monoisotopic (exact) mass is 226 g/mol. The van der Waals surface area contributed by atoms with Crippen molar-refractivity contribution < 1.29 is 4.79 Å². The molecule has 1 aromatic heterocycles. The summed E-state index contributed by atoms with van der Waals surface area (Å²) in [5.74, 6) is 0.392. The second kappa shape index (κ2) is 5.16. The molecule has 4 heteroatoms. The molecule has 0 fully saturated rings. The minimum Gasteiger partial charge on any atom is -0.397 e. The van der Waals surface area contributed by atoms with Crippen molar-refractivity contribution in [3.63, 3.8) is 0 Å². The number of nitrogens with two attached hydrogens (primary N) is 1. The van der Waals surface area contributed by atoms with Crippen LogP contribution in [0.15, 0.2) is 11.4 Å². The molecule has 1 amide bonds. The van der Waals surface area contributed by atoms with Gasteiger partial charge in [0.05, 0.1) is 5.69 Å². The zero-order chi connectivity index (χ0) is 11.4. The van der Waals surface area contributed by atoms with E-state index in [0.29, 0.717) is 16.5 Å². The molecule has 0 aromatic carbocycles. The number of amides is 1. The van der Waals surface area contributed by atoms with Crippen LogP contribution in [0, 0.1) is 5.92 Å². The minimum absolute atomic E-state index is 0.0527. The summed E-state index contributed by atoms with van der Waals surface area (Å²) in [5, 5.41) is 4.83. The molecule has 1 heterocycles. The van der Waals surface area contributed by atoms with Gasteiger partial charge in [-0.3, -0.25) is 4.79 Å². The van der Waals surface area contributed by atoms with Crippen LogP contribution in [0.3, 0.4) is 0 Å². The molecule has 0 saturated carbocycles. The number of anilines is 1. The van der Waals surface area contributed by atoms with Gasteiger partial charge in [-0.1, -0.05) is 20.8 Å². The Morgan fingerprint density at radius 2 is 2.27 bits per heavy atom. The lowest BCUT2D eigenvalue weighted by Gasteiger charge is -2.20. The Morgan fingerprint density at radius 3 is 2.67 bits per heavy atom. The van der Waals surface area contributed by atoms with E-state index < -0.39 is 0 Å². The fourth-order valence-corrected chi connectivity index (χ4v) is 2.20. The molecule has 15 heavy (non-hydrogen) atoms. The predicted molar refractivity (Wildman–Crippen MR) is 65.1 cm³/mol. The lowest BCUT2D eigenvalue weighted by atomic mass is 10.0.